The van der Waals surface area contributed by atoms with E-state index in [1.165, 1.54) is 12.1 Å². The average Bonchev–Trinajstić information content (AvgIpc) is 2.01. The molecule has 0 radical (unpaired) electrons. The molecule has 0 bridgehead atoms. The Morgan fingerprint density at radius 2 is 1.83 bits per heavy atom. The minimum absolute atomic E-state index is 0.126. The van der Waals surface area contributed by atoms with Crippen molar-refractivity contribution in [1.82, 2.24) is 0 Å². The van der Waals surface area contributed by atoms with Gasteiger partial charge in [0, 0.05) is 0 Å². The maximum absolute atomic E-state index is 9.16. The van der Waals surface area contributed by atoms with Crippen LogP contribution in [0.25, 0.3) is 0 Å². The standard InChI is InChI=1S/C7H7Cl2NO2/c8-5-1-4(3-12-10)2-6(9)7(5)11/h1-2,11H,3,10H2. The Morgan fingerprint density at radius 1 is 1.33 bits per heavy atom. The molecule has 0 atom stereocenters. The SMILES string of the molecule is NOCc1cc(Cl)c(O)c(Cl)c1. The lowest BCUT2D eigenvalue weighted by atomic mass is 10.2. The first kappa shape index (κ1) is 9.61. The quantitative estimate of drug-likeness (QED) is 0.731. The molecule has 0 saturated heterocycles. The van der Waals surface area contributed by atoms with E-state index < -0.39 is 0 Å². The molecular formula is C7H7Cl2NO2. The molecule has 0 saturated carbocycles. The summed E-state index contributed by atoms with van der Waals surface area (Å²) in [5, 5.41) is 9.54. The number of hydrogen-bond acceptors (Lipinski definition) is 3. The highest BCUT2D eigenvalue weighted by atomic mass is 35.5. The largest absolute Gasteiger partial charge is 0.505 e. The van der Waals surface area contributed by atoms with Gasteiger partial charge in [0.25, 0.3) is 0 Å². The smallest absolute Gasteiger partial charge is 0.152 e. The van der Waals surface area contributed by atoms with Gasteiger partial charge in [0.15, 0.2) is 5.75 Å². The molecule has 1 aromatic rings. The molecule has 0 spiro atoms. The van der Waals surface area contributed by atoms with E-state index in [-0.39, 0.29) is 22.4 Å². The molecule has 0 aliphatic rings. The van der Waals surface area contributed by atoms with Gasteiger partial charge in [-0.15, -0.1) is 0 Å². The van der Waals surface area contributed by atoms with Crippen LogP contribution in [0.15, 0.2) is 12.1 Å². The van der Waals surface area contributed by atoms with Gasteiger partial charge in [0.2, 0.25) is 0 Å². The highest BCUT2D eigenvalue weighted by Gasteiger charge is 2.05. The Bertz CT molecular complexity index is 268. The van der Waals surface area contributed by atoms with Crippen LogP contribution >= 0.6 is 23.2 Å². The van der Waals surface area contributed by atoms with Crippen molar-refractivity contribution in [2.45, 2.75) is 6.61 Å². The summed E-state index contributed by atoms with van der Waals surface area (Å²) in [7, 11) is 0. The molecule has 5 heteroatoms. The zero-order valence-corrected chi connectivity index (χ0v) is 7.56. The molecule has 0 amide bonds. The fourth-order valence-corrected chi connectivity index (χ4v) is 1.33. The van der Waals surface area contributed by atoms with Gasteiger partial charge in [0.05, 0.1) is 16.7 Å². The van der Waals surface area contributed by atoms with E-state index in [9.17, 15) is 0 Å². The molecule has 0 heterocycles. The third kappa shape index (κ3) is 2.01. The van der Waals surface area contributed by atoms with Crippen molar-refractivity contribution in [2.24, 2.45) is 5.90 Å². The van der Waals surface area contributed by atoms with Crippen LogP contribution in [0, 0.1) is 0 Å². The van der Waals surface area contributed by atoms with Crippen LogP contribution in [0.3, 0.4) is 0 Å². The molecular weight excluding hydrogens is 201 g/mol. The first-order valence-electron chi connectivity index (χ1n) is 3.13. The minimum Gasteiger partial charge on any atom is -0.505 e. The summed E-state index contributed by atoms with van der Waals surface area (Å²) in [6.45, 7) is 0.208. The number of aromatic hydroxyl groups is 1. The lowest BCUT2D eigenvalue weighted by Crippen LogP contribution is -1.98. The Labute approximate surface area is 79.6 Å². The Kier molecular flexibility index (Phi) is 3.17. The molecule has 0 fully saturated rings. The third-order valence-electron chi connectivity index (χ3n) is 1.33. The molecule has 0 unspecified atom stereocenters. The molecule has 3 nitrogen and oxygen atoms in total. The maximum Gasteiger partial charge on any atom is 0.152 e. The normalized spacial score (nSPS) is 10.2. The van der Waals surface area contributed by atoms with Crippen molar-refractivity contribution in [3.8, 4) is 5.75 Å². The highest BCUT2D eigenvalue weighted by molar-refractivity contribution is 6.37. The summed E-state index contributed by atoms with van der Waals surface area (Å²) < 4.78 is 0. The molecule has 1 rings (SSSR count). The van der Waals surface area contributed by atoms with Crippen molar-refractivity contribution < 1.29 is 9.94 Å². The number of benzene rings is 1. The van der Waals surface area contributed by atoms with Gasteiger partial charge in [-0.2, -0.15) is 0 Å². The van der Waals surface area contributed by atoms with Crippen LogP contribution in [-0.4, -0.2) is 5.11 Å². The van der Waals surface area contributed by atoms with Crippen LogP contribution < -0.4 is 5.90 Å². The summed E-state index contributed by atoms with van der Waals surface area (Å²) in [6.07, 6.45) is 0. The van der Waals surface area contributed by atoms with E-state index in [1.807, 2.05) is 0 Å². The van der Waals surface area contributed by atoms with E-state index in [0.717, 1.165) is 0 Å². The number of phenols is 1. The second-order valence-electron chi connectivity index (χ2n) is 2.22. The Morgan fingerprint density at radius 3 is 2.25 bits per heavy atom. The summed E-state index contributed by atoms with van der Waals surface area (Å²) >= 11 is 11.2. The molecule has 0 aliphatic carbocycles. The topological polar surface area (TPSA) is 55.5 Å². The van der Waals surface area contributed by atoms with Crippen molar-refractivity contribution in [1.29, 1.82) is 0 Å². The van der Waals surface area contributed by atoms with Crippen molar-refractivity contribution in [2.75, 3.05) is 0 Å². The van der Waals surface area contributed by atoms with Gasteiger partial charge in [-0.25, -0.2) is 5.90 Å². The second-order valence-corrected chi connectivity index (χ2v) is 3.03. The Balaban J connectivity index is 3.04. The summed E-state index contributed by atoms with van der Waals surface area (Å²) in [6, 6.07) is 3.07. The van der Waals surface area contributed by atoms with Gasteiger partial charge < -0.3 is 5.11 Å². The van der Waals surface area contributed by atoms with E-state index in [4.69, 9.17) is 34.2 Å². The van der Waals surface area contributed by atoms with Gasteiger partial charge in [0.1, 0.15) is 0 Å². The highest BCUT2D eigenvalue weighted by Crippen LogP contribution is 2.32. The predicted molar refractivity (Wildman–Crippen MR) is 47.1 cm³/mol. The molecule has 12 heavy (non-hydrogen) atoms. The number of halogens is 2. The fraction of sp³-hybridized carbons (Fsp3) is 0.143. The summed E-state index contributed by atoms with van der Waals surface area (Å²) in [5.74, 6) is 4.72. The number of phenolic OH excluding ortho intramolecular Hbond substituents is 1. The van der Waals surface area contributed by atoms with Gasteiger partial charge in [-0.05, 0) is 17.7 Å². The van der Waals surface area contributed by atoms with E-state index in [2.05, 4.69) is 4.84 Å². The van der Waals surface area contributed by atoms with Gasteiger partial charge in [-0.1, -0.05) is 23.2 Å². The van der Waals surface area contributed by atoms with E-state index in [0.29, 0.717) is 5.56 Å². The fourth-order valence-electron chi connectivity index (χ4n) is 0.798. The third-order valence-corrected chi connectivity index (χ3v) is 1.90. The predicted octanol–water partition coefficient (Wildman–Crippen LogP) is 2.09. The van der Waals surface area contributed by atoms with Crippen molar-refractivity contribution in [3.05, 3.63) is 27.7 Å². The lowest BCUT2D eigenvalue weighted by Gasteiger charge is -2.03. The monoisotopic (exact) mass is 207 g/mol. The number of rotatable bonds is 2. The number of nitrogens with two attached hydrogens (primary N) is 1. The zero-order valence-electron chi connectivity index (χ0n) is 6.05. The molecule has 3 N–H and O–H groups in total. The molecule has 0 aliphatic heterocycles. The summed E-state index contributed by atoms with van der Waals surface area (Å²) in [5.41, 5.74) is 0.713. The first-order valence-corrected chi connectivity index (χ1v) is 3.89. The summed E-state index contributed by atoms with van der Waals surface area (Å²) in [4.78, 5) is 4.38. The van der Waals surface area contributed by atoms with Crippen molar-refractivity contribution in [3.63, 3.8) is 0 Å². The van der Waals surface area contributed by atoms with Crippen molar-refractivity contribution >= 4 is 23.2 Å². The van der Waals surface area contributed by atoms with Crippen LogP contribution in [0.2, 0.25) is 10.0 Å². The molecule has 66 valence electrons. The second kappa shape index (κ2) is 3.96. The van der Waals surface area contributed by atoms with Crippen LogP contribution in [-0.2, 0) is 11.4 Å². The van der Waals surface area contributed by atoms with E-state index >= 15 is 0 Å². The Hall–Kier alpha value is -0.480. The van der Waals surface area contributed by atoms with Crippen LogP contribution in [0.5, 0.6) is 5.75 Å². The lowest BCUT2D eigenvalue weighted by molar-refractivity contribution is 0.124. The first-order chi connectivity index (χ1) is 5.65. The molecule has 0 aromatic heterocycles. The zero-order chi connectivity index (χ0) is 9.14. The van der Waals surface area contributed by atoms with Crippen LogP contribution in [0.1, 0.15) is 5.56 Å². The van der Waals surface area contributed by atoms with Gasteiger partial charge >= 0.3 is 0 Å². The number of hydrogen-bond donors (Lipinski definition) is 2. The maximum atomic E-state index is 9.16. The van der Waals surface area contributed by atoms with Crippen LogP contribution in [0.4, 0.5) is 0 Å². The molecule has 1 aromatic carbocycles. The average molecular weight is 208 g/mol. The van der Waals surface area contributed by atoms with E-state index in [1.54, 1.807) is 0 Å². The van der Waals surface area contributed by atoms with Gasteiger partial charge in [-0.3, -0.25) is 4.84 Å². The minimum atomic E-state index is -0.126.